The predicted octanol–water partition coefficient (Wildman–Crippen LogP) is 17.9. The Morgan fingerprint density at radius 2 is 0.517 bits per heavy atom. The molecule has 0 saturated heterocycles. The molecule has 0 amide bonds. The van der Waals surface area contributed by atoms with Gasteiger partial charge in [-0.05, 0) is 51.4 Å². The van der Waals surface area contributed by atoms with Gasteiger partial charge >= 0.3 is 0 Å². The number of hydrogen-bond acceptors (Lipinski definition) is 0. The monoisotopic (exact) mass is 833 g/mol. The highest BCUT2D eigenvalue weighted by Crippen LogP contribution is 2.23. The Morgan fingerprint density at radius 1 is 0.283 bits per heavy atom. The van der Waals surface area contributed by atoms with E-state index < -0.39 is 0 Å². The van der Waals surface area contributed by atoms with Crippen molar-refractivity contribution in [1.82, 2.24) is 9.13 Å². The highest BCUT2D eigenvalue weighted by molar-refractivity contribution is 5.88. The zero-order chi connectivity index (χ0) is 42.6. The topological polar surface area (TPSA) is 17.6 Å². The van der Waals surface area contributed by atoms with Crippen molar-refractivity contribution in [2.75, 3.05) is 0 Å². The van der Waals surface area contributed by atoms with Crippen LogP contribution in [0.5, 0.6) is 0 Å². The summed E-state index contributed by atoms with van der Waals surface area (Å²) in [4.78, 5) is 0. The van der Waals surface area contributed by atoms with Crippen molar-refractivity contribution in [3.63, 3.8) is 0 Å². The Balaban J connectivity index is 1.68. The van der Waals surface area contributed by atoms with Crippen molar-refractivity contribution in [2.24, 2.45) is 0 Å². The number of benzene rings is 1. The minimum Gasteiger partial charge on any atom is -0.230 e. The Kier molecular flexibility index (Phi) is 32.0. The van der Waals surface area contributed by atoms with E-state index in [1.807, 2.05) is 0 Å². The fraction of sp³-hybridized carbons (Fsp3) is 0.857. The molecule has 4 heteroatoms. The molecule has 0 unspecified atom stereocenters. The lowest BCUT2D eigenvalue weighted by atomic mass is 10.1. The van der Waals surface area contributed by atoms with E-state index in [4.69, 9.17) is 0 Å². The third-order valence-electron chi connectivity index (χ3n) is 13.9. The predicted molar refractivity (Wildman–Crippen MR) is 265 cm³/mol. The summed E-state index contributed by atoms with van der Waals surface area (Å²) in [7, 11) is 0. The summed E-state index contributed by atoms with van der Waals surface area (Å²) in [5.74, 6) is 0. The van der Waals surface area contributed by atoms with Crippen LogP contribution in [-0.2, 0) is 26.2 Å². The molecule has 0 bridgehead atoms. The molecule has 0 aliphatic rings. The highest BCUT2D eigenvalue weighted by atomic mass is 15.2. The van der Waals surface area contributed by atoms with Gasteiger partial charge in [-0.3, -0.25) is 0 Å². The second-order valence-electron chi connectivity index (χ2n) is 19.6. The van der Waals surface area contributed by atoms with E-state index in [2.05, 4.69) is 70.8 Å². The van der Waals surface area contributed by atoms with Crippen LogP contribution < -0.4 is 9.13 Å². The molecule has 0 spiro atoms. The molecule has 3 aromatic rings. The van der Waals surface area contributed by atoms with Crippen LogP contribution in [0.3, 0.4) is 0 Å². The van der Waals surface area contributed by atoms with Gasteiger partial charge in [-0.2, -0.15) is 0 Å². The molecular weight excluding hydrogens is 729 g/mol. The lowest BCUT2D eigenvalue weighted by molar-refractivity contribution is -0.676. The van der Waals surface area contributed by atoms with E-state index in [1.54, 1.807) is 0 Å². The molecule has 0 aliphatic carbocycles. The maximum absolute atomic E-state index is 2.65. The number of imidazole rings is 2. The van der Waals surface area contributed by atoms with Crippen LogP contribution in [0.15, 0.2) is 24.8 Å². The Bertz CT molecular complexity index is 1200. The average Bonchev–Trinajstić information content (AvgIpc) is 3.78. The summed E-state index contributed by atoms with van der Waals surface area (Å²) in [6, 6.07) is 5.22. The van der Waals surface area contributed by atoms with Gasteiger partial charge in [-0.15, -0.1) is 0 Å². The first-order valence-corrected chi connectivity index (χ1v) is 27.7. The molecule has 0 saturated carbocycles. The van der Waals surface area contributed by atoms with Crippen molar-refractivity contribution < 1.29 is 9.13 Å². The molecule has 0 N–H and O–H groups in total. The fourth-order valence-corrected chi connectivity index (χ4v) is 9.85. The standard InChI is InChI=1S/C56H104N4/c1-5-9-13-17-21-25-29-33-37-41-45-57-51-58(46-42-38-34-30-26-22-18-14-10-6-2)54-50-56-55(49-53(54)57)59(47-43-39-35-31-27-23-19-15-11-7-3)52-60(56)48-44-40-36-32-28-24-20-16-12-8-4/h49-52H,5-48H2,1-4H3/q+2. The Morgan fingerprint density at radius 3 is 0.783 bits per heavy atom. The quantitative estimate of drug-likeness (QED) is 0.0399. The number of aryl methyl sites for hydroxylation is 4. The van der Waals surface area contributed by atoms with Crippen LogP contribution in [0.25, 0.3) is 22.1 Å². The molecule has 60 heavy (non-hydrogen) atoms. The van der Waals surface area contributed by atoms with Crippen molar-refractivity contribution in [3.05, 3.63) is 24.8 Å². The van der Waals surface area contributed by atoms with E-state index in [0.29, 0.717) is 0 Å². The molecular formula is C56H104N4+2. The van der Waals surface area contributed by atoms with Gasteiger partial charge in [-0.25, -0.2) is 18.3 Å². The van der Waals surface area contributed by atoms with Gasteiger partial charge in [0, 0.05) is 12.1 Å². The van der Waals surface area contributed by atoms with E-state index in [1.165, 1.54) is 279 Å². The first-order chi connectivity index (χ1) is 29.7. The van der Waals surface area contributed by atoms with Crippen LogP contribution in [0.1, 0.15) is 285 Å². The van der Waals surface area contributed by atoms with Gasteiger partial charge in [0.1, 0.15) is 0 Å². The summed E-state index contributed by atoms with van der Waals surface area (Å²) in [6.45, 7) is 13.9. The SMILES string of the molecule is CCCCCCCCCCCCn1c[n+](CCCCCCCCCCCC)c2cc3c(cc21)n(CCCCCCCCCCCC)c[n+]3CCCCCCCCCCCC. The van der Waals surface area contributed by atoms with Gasteiger partial charge in [0.05, 0.1) is 26.2 Å². The minimum absolute atomic E-state index is 1.15. The van der Waals surface area contributed by atoms with Crippen molar-refractivity contribution in [1.29, 1.82) is 0 Å². The average molecular weight is 833 g/mol. The first-order valence-electron chi connectivity index (χ1n) is 27.7. The number of nitrogens with zero attached hydrogens (tertiary/aromatic N) is 4. The number of fused-ring (bicyclic) bond motifs is 2. The van der Waals surface area contributed by atoms with Crippen molar-refractivity contribution in [2.45, 2.75) is 311 Å². The number of aromatic nitrogens is 4. The third-order valence-corrected chi connectivity index (χ3v) is 13.9. The van der Waals surface area contributed by atoms with E-state index in [0.717, 1.165) is 26.2 Å². The van der Waals surface area contributed by atoms with Gasteiger partial charge in [0.15, 0.2) is 22.1 Å². The van der Waals surface area contributed by atoms with Gasteiger partial charge in [-0.1, -0.05) is 233 Å². The van der Waals surface area contributed by atoms with Gasteiger partial charge in [0.25, 0.3) is 0 Å². The lowest BCUT2D eigenvalue weighted by Crippen LogP contribution is -2.34. The molecule has 2 heterocycles. The van der Waals surface area contributed by atoms with E-state index in [9.17, 15) is 0 Å². The zero-order valence-electron chi connectivity index (χ0n) is 41.2. The fourth-order valence-electron chi connectivity index (χ4n) is 9.85. The maximum atomic E-state index is 2.65. The summed E-state index contributed by atoms with van der Waals surface area (Å²) in [5, 5.41) is 0. The second-order valence-corrected chi connectivity index (χ2v) is 19.6. The van der Waals surface area contributed by atoms with E-state index in [-0.39, 0.29) is 0 Å². The Hall–Kier alpha value is -1.84. The number of unbranched alkanes of at least 4 members (excludes halogenated alkanes) is 36. The molecule has 3 rings (SSSR count). The molecule has 0 fully saturated rings. The molecule has 0 radical (unpaired) electrons. The lowest BCUT2D eigenvalue weighted by Gasteiger charge is -2.03. The molecule has 0 aliphatic heterocycles. The summed E-state index contributed by atoms with van der Waals surface area (Å²) >= 11 is 0. The Labute approximate surface area is 374 Å². The normalized spacial score (nSPS) is 11.9. The molecule has 346 valence electrons. The van der Waals surface area contributed by atoms with Crippen LogP contribution in [0.4, 0.5) is 0 Å². The van der Waals surface area contributed by atoms with Crippen LogP contribution in [0.2, 0.25) is 0 Å². The molecule has 4 nitrogen and oxygen atoms in total. The zero-order valence-corrected chi connectivity index (χ0v) is 41.2. The van der Waals surface area contributed by atoms with Crippen LogP contribution >= 0.6 is 0 Å². The van der Waals surface area contributed by atoms with Crippen molar-refractivity contribution >= 4 is 22.1 Å². The van der Waals surface area contributed by atoms with E-state index >= 15 is 0 Å². The maximum Gasteiger partial charge on any atom is 0.244 e. The van der Waals surface area contributed by atoms with Crippen molar-refractivity contribution in [3.8, 4) is 0 Å². The molecule has 2 aromatic heterocycles. The number of hydrogen-bond donors (Lipinski definition) is 0. The summed E-state index contributed by atoms with van der Waals surface area (Å²) in [6.07, 6.45) is 61.0. The van der Waals surface area contributed by atoms with Gasteiger partial charge in [0.2, 0.25) is 12.7 Å². The largest absolute Gasteiger partial charge is 0.244 e. The smallest absolute Gasteiger partial charge is 0.230 e. The minimum atomic E-state index is 1.15. The summed E-state index contributed by atoms with van der Waals surface area (Å²) in [5.41, 5.74) is 5.89. The molecule has 0 atom stereocenters. The summed E-state index contributed by atoms with van der Waals surface area (Å²) < 4.78 is 10.6. The van der Waals surface area contributed by atoms with Crippen LogP contribution in [-0.4, -0.2) is 9.13 Å². The highest BCUT2D eigenvalue weighted by Gasteiger charge is 2.23. The molecule has 1 aromatic carbocycles. The number of rotatable bonds is 44. The van der Waals surface area contributed by atoms with Crippen LogP contribution in [0, 0.1) is 0 Å². The van der Waals surface area contributed by atoms with Gasteiger partial charge < -0.3 is 0 Å². The second kappa shape index (κ2) is 36.6. The third kappa shape index (κ3) is 23.0. The first kappa shape index (κ1) is 52.5.